The summed E-state index contributed by atoms with van der Waals surface area (Å²) in [5.41, 5.74) is 6.67. The van der Waals surface area contributed by atoms with Crippen LogP contribution in [0.5, 0.6) is 5.75 Å². The van der Waals surface area contributed by atoms with Crippen LogP contribution in [0.4, 0.5) is 0 Å². The zero-order valence-electron chi connectivity index (χ0n) is 23.5. The van der Waals surface area contributed by atoms with Crippen LogP contribution in [0.1, 0.15) is 74.5 Å². The molecule has 2 saturated heterocycles. The Balaban J connectivity index is 1.50. The van der Waals surface area contributed by atoms with E-state index >= 15 is 0 Å². The van der Waals surface area contributed by atoms with Gasteiger partial charge in [-0.05, 0) is 88.9 Å². The number of nitriles is 1. The summed E-state index contributed by atoms with van der Waals surface area (Å²) >= 11 is 6.25. The van der Waals surface area contributed by atoms with Crippen molar-refractivity contribution in [3.63, 3.8) is 0 Å². The van der Waals surface area contributed by atoms with Crippen LogP contribution in [0.15, 0.2) is 42.5 Å². The monoisotopic (exact) mass is 565 g/mol. The summed E-state index contributed by atoms with van der Waals surface area (Å²) in [4.78, 5) is 40.9. The molecule has 2 unspecified atom stereocenters. The van der Waals surface area contributed by atoms with Crippen LogP contribution >= 0.6 is 11.6 Å². The van der Waals surface area contributed by atoms with E-state index in [0.717, 1.165) is 5.56 Å². The highest BCUT2D eigenvalue weighted by Crippen LogP contribution is 2.43. The van der Waals surface area contributed by atoms with Gasteiger partial charge in [0.25, 0.3) is 11.8 Å². The molecular formula is C30H36ClN5O4. The molecule has 0 bridgehead atoms. The lowest BCUT2D eigenvalue weighted by Gasteiger charge is -2.38. The average Bonchev–Trinajstić information content (AvgIpc) is 3.37. The number of nitrogens with one attached hydrogen (secondary N) is 3. The van der Waals surface area contributed by atoms with E-state index in [0.29, 0.717) is 41.2 Å². The van der Waals surface area contributed by atoms with Gasteiger partial charge >= 0.3 is 0 Å². The molecule has 10 heteroatoms. The van der Waals surface area contributed by atoms with Crippen LogP contribution in [-0.2, 0) is 9.59 Å². The van der Waals surface area contributed by atoms with E-state index in [1.54, 1.807) is 43.0 Å². The van der Waals surface area contributed by atoms with E-state index in [-0.39, 0.29) is 29.9 Å². The van der Waals surface area contributed by atoms with E-state index in [2.05, 4.69) is 22.2 Å². The van der Waals surface area contributed by atoms with Crippen molar-refractivity contribution in [2.75, 3.05) is 0 Å². The molecule has 2 aromatic rings. The SMILES string of the molecule is Cc1cc(C(=O)N[C@H](C)C(=O)N2[C@H](C(C)(C)C#N)CC[C@H]2c2cccc(Cl)c2)ccc1OC1CC(C)NNC1=O. The van der Waals surface area contributed by atoms with Gasteiger partial charge in [-0.1, -0.05) is 23.7 Å². The number of hydrazine groups is 1. The highest BCUT2D eigenvalue weighted by Gasteiger charge is 2.46. The van der Waals surface area contributed by atoms with Gasteiger partial charge in [-0.2, -0.15) is 5.26 Å². The second-order valence-electron chi connectivity index (χ2n) is 11.3. The first-order valence-electron chi connectivity index (χ1n) is 13.5. The molecular weight excluding hydrogens is 530 g/mol. The van der Waals surface area contributed by atoms with Crippen LogP contribution in [-0.4, -0.2) is 46.9 Å². The maximum atomic E-state index is 13.9. The van der Waals surface area contributed by atoms with E-state index in [9.17, 15) is 19.6 Å². The molecule has 4 rings (SSSR count). The van der Waals surface area contributed by atoms with E-state index < -0.39 is 23.5 Å². The minimum Gasteiger partial charge on any atom is -0.480 e. The second-order valence-corrected chi connectivity index (χ2v) is 11.7. The van der Waals surface area contributed by atoms with Crippen molar-refractivity contribution in [2.45, 2.75) is 84.2 Å². The molecule has 5 atom stereocenters. The Kier molecular flexibility index (Phi) is 8.71. The topological polar surface area (TPSA) is 124 Å². The molecule has 0 aromatic heterocycles. The third-order valence-electron chi connectivity index (χ3n) is 7.72. The Morgan fingerprint density at radius 3 is 2.65 bits per heavy atom. The quantitative estimate of drug-likeness (QED) is 0.462. The average molecular weight is 566 g/mol. The van der Waals surface area contributed by atoms with Crippen LogP contribution < -0.4 is 20.9 Å². The summed E-state index contributed by atoms with van der Waals surface area (Å²) in [6.07, 6.45) is 1.24. The van der Waals surface area contributed by atoms with Gasteiger partial charge in [0, 0.05) is 23.0 Å². The second kappa shape index (κ2) is 11.9. The molecule has 2 aliphatic rings. The van der Waals surface area contributed by atoms with Gasteiger partial charge in [-0.15, -0.1) is 0 Å². The molecule has 0 radical (unpaired) electrons. The number of carbonyl (C=O) groups excluding carboxylic acids is 3. The molecule has 2 aromatic carbocycles. The molecule has 0 spiro atoms. The fraction of sp³-hybridized carbons (Fsp3) is 0.467. The van der Waals surface area contributed by atoms with Crippen molar-refractivity contribution in [1.82, 2.24) is 21.1 Å². The third-order valence-corrected chi connectivity index (χ3v) is 7.96. The van der Waals surface area contributed by atoms with Crippen molar-refractivity contribution < 1.29 is 19.1 Å². The Labute approximate surface area is 240 Å². The van der Waals surface area contributed by atoms with E-state index in [4.69, 9.17) is 16.3 Å². The highest BCUT2D eigenvalue weighted by atomic mass is 35.5. The maximum Gasteiger partial charge on any atom is 0.275 e. The first-order chi connectivity index (χ1) is 18.9. The smallest absolute Gasteiger partial charge is 0.275 e. The molecule has 40 heavy (non-hydrogen) atoms. The lowest BCUT2D eigenvalue weighted by atomic mass is 9.84. The number of nitrogens with zero attached hydrogens (tertiary/aromatic N) is 2. The summed E-state index contributed by atoms with van der Waals surface area (Å²) < 4.78 is 5.93. The molecule has 212 valence electrons. The predicted molar refractivity (Wildman–Crippen MR) is 151 cm³/mol. The van der Waals surface area contributed by atoms with Crippen LogP contribution in [0.25, 0.3) is 0 Å². The number of halogens is 1. The van der Waals surface area contributed by atoms with E-state index in [1.165, 1.54) is 0 Å². The third kappa shape index (κ3) is 6.24. The number of aryl methyl sites for hydroxylation is 1. The largest absolute Gasteiger partial charge is 0.480 e. The van der Waals surface area contributed by atoms with Gasteiger partial charge in [0.1, 0.15) is 11.8 Å². The van der Waals surface area contributed by atoms with Crippen molar-refractivity contribution >= 4 is 29.3 Å². The minimum absolute atomic E-state index is 0.0690. The van der Waals surface area contributed by atoms with Gasteiger partial charge < -0.3 is 15.0 Å². The number of benzene rings is 2. The van der Waals surface area contributed by atoms with Crippen molar-refractivity contribution in [1.29, 1.82) is 5.26 Å². The summed E-state index contributed by atoms with van der Waals surface area (Å²) in [6.45, 7) is 9.08. The van der Waals surface area contributed by atoms with Gasteiger partial charge in [0.05, 0.1) is 23.6 Å². The molecule has 0 aliphatic carbocycles. The van der Waals surface area contributed by atoms with Gasteiger partial charge in [-0.3, -0.25) is 19.8 Å². The molecule has 2 fully saturated rings. The zero-order chi connectivity index (χ0) is 29.2. The normalized spacial score (nSPS) is 23.6. The number of amides is 3. The first kappa shape index (κ1) is 29.4. The number of rotatable bonds is 7. The standard InChI is InChI=1S/C30H36ClN5O4/c1-17-13-21(9-11-24(17)40-25-14-18(2)34-35-28(25)38)27(37)33-19(3)29(39)36-23(20-7-6-8-22(31)15-20)10-12-26(36)30(4,5)16-32/h6-9,11,13,15,18-19,23,25-26,34H,10,12,14H2,1-5H3,(H,33,37)(H,35,38)/t18?,19-,23+,25?,26+/m1/s1. The van der Waals surface area contributed by atoms with Gasteiger partial charge in [0.2, 0.25) is 5.91 Å². The summed E-state index contributed by atoms with van der Waals surface area (Å²) in [5.74, 6) is -0.398. The van der Waals surface area contributed by atoms with Gasteiger partial charge in [0.15, 0.2) is 6.10 Å². The maximum absolute atomic E-state index is 13.9. The fourth-order valence-electron chi connectivity index (χ4n) is 5.45. The molecule has 3 amide bonds. The predicted octanol–water partition coefficient (Wildman–Crippen LogP) is 4.21. The number of hydrogen-bond donors (Lipinski definition) is 3. The molecule has 2 heterocycles. The van der Waals surface area contributed by atoms with E-state index in [1.807, 2.05) is 39.0 Å². The highest BCUT2D eigenvalue weighted by molar-refractivity contribution is 6.30. The van der Waals surface area contributed by atoms with Gasteiger partial charge in [-0.25, -0.2) is 5.43 Å². The van der Waals surface area contributed by atoms with Crippen LogP contribution in [0.2, 0.25) is 5.02 Å². The van der Waals surface area contributed by atoms with Crippen molar-refractivity contribution in [3.05, 3.63) is 64.2 Å². The lowest BCUT2D eigenvalue weighted by Crippen LogP contribution is -2.56. The Morgan fingerprint density at radius 1 is 1.23 bits per heavy atom. The first-order valence-corrected chi connectivity index (χ1v) is 13.9. The Bertz CT molecular complexity index is 1340. The van der Waals surface area contributed by atoms with Crippen LogP contribution in [0, 0.1) is 23.7 Å². The number of likely N-dealkylation sites (tertiary alicyclic amines) is 1. The van der Waals surface area contributed by atoms with Crippen molar-refractivity contribution in [3.8, 4) is 11.8 Å². The van der Waals surface area contributed by atoms with Crippen LogP contribution in [0.3, 0.4) is 0 Å². The molecule has 2 aliphatic heterocycles. The molecule has 9 nitrogen and oxygen atoms in total. The number of ether oxygens (including phenoxy) is 1. The molecule has 3 N–H and O–H groups in total. The Hall–Kier alpha value is -3.61. The summed E-state index contributed by atoms with van der Waals surface area (Å²) in [6, 6.07) is 13.4. The zero-order valence-corrected chi connectivity index (χ0v) is 24.2. The summed E-state index contributed by atoms with van der Waals surface area (Å²) in [5, 5.41) is 13.3. The number of carbonyl (C=O) groups is 3. The summed E-state index contributed by atoms with van der Waals surface area (Å²) in [7, 11) is 0. The Morgan fingerprint density at radius 2 is 1.98 bits per heavy atom. The fourth-order valence-corrected chi connectivity index (χ4v) is 5.65. The molecule has 0 saturated carbocycles. The lowest BCUT2D eigenvalue weighted by molar-refractivity contribution is -0.137. The minimum atomic E-state index is -0.833. The number of hydrogen-bond acceptors (Lipinski definition) is 6. The van der Waals surface area contributed by atoms with Crippen molar-refractivity contribution in [2.24, 2.45) is 5.41 Å².